The van der Waals surface area contributed by atoms with E-state index in [0.717, 1.165) is 17.3 Å². The maximum Gasteiger partial charge on any atom is 0.228 e. The van der Waals surface area contributed by atoms with Crippen molar-refractivity contribution in [2.75, 3.05) is 26.5 Å². The molecule has 0 radical (unpaired) electrons. The van der Waals surface area contributed by atoms with Crippen molar-refractivity contribution in [3.05, 3.63) is 11.7 Å². The predicted molar refractivity (Wildman–Crippen MR) is 64.6 cm³/mol. The highest BCUT2D eigenvalue weighted by Gasteiger charge is 2.12. The lowest BCUT2D eigenvalue weighted by atomic mass is 10.2. The van der Waals surface area contributed by atoms with Crippen LogP contribution in [0.25, 0.3) is 0 Å². The quantitative estimate of drug-likeness (QED) is 0.740. The summed E-state index contributed by atoms with van der Waals surface area (Å²) < 4.78 is 10.3. The first-order valence-electron chi connectivity index (χ1n) is 5.35. The van der Waals surface area contributed by atoms with Gasteiger partial charge in [-0.3, -0.25) is 0 Å². The zero-order chi connectivity index (χ0) is 11.8. The SMILES string of the molecule is CCSCc1noc(CC(COC)NC)n1. The van der Waals surface area contributed by atoms with E-state index in [1.54, 1.807) is 18.9 Å². The molecule has 0 aliphatic carbocycles. The molecule has 1 rings (SSSR count). The second-order valence-electron chi connectivity index (χ2n) is 3.39. The molecule has 1 heterocycles. The number of rotatable bonds is 8. The van der Waals surface area contributed by atoms with Gasteiger partial charge in [-0.1, -0.05) is 12.1 Å². The number of hydrogen-bond donors (Lipinski definition) is 1. The number of nitrogens with one attached hydrogen (secondary N) is 1. The monoisotopic (exact) mass is 245 g/mol. The third kappa shape index (κ3) is 4.51. The molecule has 0 saturated heterocycles. The lowest BCUT2D eigenvalue weighted by Crippen LogP contribution is -2.32. The molecule has 0 spiro atoms. The Bertz CT molecular complexity index is 293. The van der Waals surface area contributed by atoms with E-state index >= 15 is 0 Å². The summed E-state index contributed by atoms with van der Waals surface area (Å²) in [6, 6.07) is 0.220. The van der Waals surface area contributed by atoms with Crippen LogP contribution >= 0.6 is 11.8 Å². The molecule has 1 unspecified atom stereocenters. The molecular formula is C10H19N3O2S. The second-order valence-corrected chi connectivity index (χ2v) is 4.66. The van der Waals surface area contributed by atoms with Gasteiger partial charge in [0, 0.05) is 19.6 Å². The standard InChI is InChI=1S/C10H19N3O2S/c1-4-16-7-9-12-10(15-13-9)5-8(11-2)6-14-3/h8,11H,4-7H2,1-3H3. The molecule has 1 aromatic rings. The van der Waals surface area contributed by atoms with Gasteiger partial charge < -0.3 is 14.6 Å². The first kappa shape index (κ1) is 13.5. The predicted octanol–water partition coefficient (Wildman–Crippen LogP) is 1.10. The summed E-state index contributed by atoms with van der Waals surface area (Å²) in [6.07, 6.45) is 0.703. The van der Waals surface area contributed by atoms with E-state index in [1.807, 2.05) is 7.05 Å². The number of nitrogens with zero attached hydrogens (tertiary/aromatic N) is 2. The fourth-order valence-electron chi connectivity index (χ4n) is 1.28. The van der Waals surface area contributed by atoms with Gasteiger partial charge in [0.2, 0.25) is 5.89 Å². The minimum Gasteiger partial charge on any atom is -0.383 e. The van der Waals surface area contributed by atoms with Gasteiger partial charge in [0.1, 0.15) is 0 Å². The van der Waals surface area contributed by atoms with Crippen LogP contribution in [0.1, 0.15) is 18.6 Å². The third-order valence-corrected chi connectivity index (χ3v) is 3.01. The Morgan fingerprint density at radius 2 is 2.38 bits per heavy atom. The van der Waals surface area contributed by atoms with E-state index in [1.165, 1.54) is 0 Å². The molecule has 92 valence electrons. The van der Waals surface area contributed by atoms with E-state index in [4.69, 9.17) is 9.26 Å². The molecule has 0 saturated carbocycles. The van der Waals surface area contributed by atoms with Crippen LogP contribution in [0.4, 0.5) is 0 Å². The molecule has 0 aliphatic heterocycles. The highest BCUT2D eigenvalue weighted by atomic mass is 32.2. The van der Waals surface area contributed by atoms with Crippen LogP contribution < -0.4 is 5.32 Å². The van der Waals surface area contributed by atoms with Crippen LogP contribution in [0.15, 0.2) is 4.52 Å². The highest BCUT2D eigenvalue weighted by molar-refractivity contribution is 7.98. The Morgan fingerprint density at radius 3 is 3.00 bits per heavy atom. The molecule has 1 atom stereocenters. The summed E-state index contributed by atoms with van der Waals surface area (Å²) in [4.78, 5) is 4.32. The van der Waals surface area contributed by atoms with E-state index in [2.05, 4.69) is 22.4 Å². The molecule has 0 bridgehead atoms. The maximum atomic E-state index is 5.17. The van der Waals surface area contributed by atoms with E-state index in [-0.39, 0.29) is 6.04 Å². The van der Waals surface area contributed by atoms with Crippen molar-refractivity contribution >= 4 is 11.8 Å². The van der Waals surface area contributed by atoms with Gasteiger partial charge in [-0.05, 0) is 12.8 Å². The Kier molecular flexibility index (Phi) is 6.44. The lowest BCUT2D eigenvalue weighted by Gasteiger charge is -2.11. The van der Waals surface area contributed by atoms with Crippen molar-refractivity contribution in [1.29, 1.82) is 0 Å². The average molecular weight is 245 g/mol. The summed E-state index contributed by atoms with van der Waals surface area (Å²) in [5.41, 5.74) is 0. The molecular weight excluding hydrogens is 226 g/mol. The van der Waals surface area contributed by atoms with Crippen molar-refractivity contribution < 1.29 is 9.26 Å². The Labute approximate surface area is 100 Å². The zero-order valence-electron chi connectivity index (χ0n) is 10.0. The fourth-order valence-corrected chi connectivity index (χ4v) is 1.79. The van der Waals surface area contributed by atoms with Crippen molar-refractivity contribution in [3.63, 3.8) is 0 Å². The Hall–Kier alpha value is -0.590. The van der Waals surface area contributed by atoms with Gasteiger partial charge in [-0.15, -0.1) is 0 Å². The minimum absolute atomic E-state index is 0.220. The van der Waals surface area contributed by atoms with Crippen molar-refractivity contribution in [2.24, 2.45) is 0 Å². The average Bonchev–Trinajstić information content (AvgIpc) is 2.73. The maximum absolute atomic E-state index is 5.17. The summed E-state index contributed by atoms with van der Waals surface area (Å²) >= 11 is 1.78. The van der Waals surface area contributed by atoms with Gasteiger partial charge in [-0.25, -0.2) is 0 Å². The van der Waals surface area contributed by atoms with E-state index in [9.17, 15) is 0 Å². The largest absolute Gasteiger partial charge is 0.383 e. The molecule has 0 aromatic carbocycles. The van der Waals surface area contributed by atoms with E-state index < -0.39 is 0 Å². The molecule has 1 N–H and O–H groups in total. The van der Waals surface area contributed by atoms with Crippen molar-refractivity contribution in [1.82, 2.24) is 15.5 Å². The van der Waals surface area contributed by atoms with Crippen LogP contribution in [-0.4, -0.2) is 42.7 Å². The number of hydrogen-bond acceptors (Lipinski definition) is 6. The normalized spacial score (nSPS) is 12.9. The van der Waals surface area contributed by atoms with Crippen LogP contribution in [-0.2, 0) is 16.9 Å². The number of aromatic nitrogens is 2. The summed E-state index contributed by atoms with van der Waals surface area (Å²) in [7, 11) is 3.58. The summed E-state index contributed by atoms with van der Waals surface area (Å²) in [6.45, 7) is 2.75. The van der Waals surface area contributed by atoms with Crippen LogP contribution in [0, 0.1) is 0 Å². The molecule has 0 amide bonds. The molecule has 1 aromatic heterocycles. The van der Waals surface area contributed by atoms with Crippen LogP contribution in [0.2, 0.25) is 0 Å². The first-order valence-corrected chi connectivity index (χ1v) is 6.51. The highest BCUT2D eigenvalue weighted by Crippen LogP contribution is 2.09. The molecule has 0 fully saturated rings. The zero-order valence-corrected chi connectivity index (χ0v) is 10.8. The minimum atomic E-state index is 0.220. The topological polar surface area (TPSA) is 60.2 Å². The van der Waals surface area contributed by atoms with Crippen LogP contribution in [0.3, 0.4) is 0 Å². The Morgan fingerprint density at radius 1 is 1.56 bits per heavy atom. The molecule has 5 nitrogen and oxygen atoms in total. The van der Waals surface area contributed by atoms with Gasteiger partial charge in [0.05, 0.1) is 12.4 Å². The molecule has 16 heavy (non-hydrogen) atoms. The van der Waals surface area contributed by atoms with Gasteiger partial charge in [0.15, 0.2) is 5.82 Å². The summed E-state index contributed by atoms with van der Waals surface area (Å²) in [5.74, 6) is 3.32. The summed E-state index contributed by atoms with van der Waals surface area (Å²) in [5, 5.41) is 7.07. The first-order chi connectivity index (χ1) is 7.80. The van der Waals surface area contributed by atoms with Gasteiger partial charge in [-0.2, -0.15) is 16.7 Å². The lowest BCUT2D eigenvalue weighted by molar-refractivity contribution is 0.165. The molecule has 6 heteroatoms. The molecule has 0 aliphatic rings. The third-order valence-electron chi connectivity index (χ3n) is 2.14. The van der Waals surface area contributed by atoms with E-state index in [0.29, 0.717) is 18.9 Å². The Balaban J connectivity index is 2.43. The smallest absolute Gasteiger partial charge is 0.228 e. The van der Waals surface area contributed by atoms with Crippen LogP contribution in [0.5, 0.6) is 0 Å². The second kappa shape index (κ2) is 7.65. The van der Waals surface area contributed by atoms with Crippen molar-refractivity contribution in [2.45, 2.75) is 25.1 Å². The fraction of sp³-hybridized carbons (Fsp3) is 0.800. The number of ether oxygens (including phenoxy) is 1. The van der Waals surface area contributed by atoms with Gasteiger partial charge >= 0.3 is 0 Å². The van der Waals surface area contributed by atoms with Gasteiger partial charge in [0.25, 0.3) is 0 Å². The number of methoxy groups -OCH3 is 1. The number of likely N-dealkylation sites (N-methyl/N-ethyl adjacent to an activating group) is 1. The number of thioether (sulfide) groups is 1. The van der Waals surface area contributed by atoms with Crippen molar-refractivity contribution in [3.8, 4) is 0 Å².